The fourth-order valence-corrected chi connectivity index (χ4v) is 4.64. The summed E-state index contributed by atoms with van der Waals surface area (Å²) in [5.74, 6) is 1.05. The van der Waals surface area contributed by atoms with Crippen molar-refractivity contribution in [2.45, 2.75) is 17.1 Å². The highest BCUT2D eigenvalue weighted by Gasteiger charge is 2.17. The van der Waals surface area contributed by atoms with Crippen molar-refractivity contribution in [1.29, 1.82) is 0 Å². The molecule has 0 spiro atoms. The third-order valence-corrected chi connectivity index (χ3v) is 6.73. The highest BCUT2D eigenvalue weighted by molar-refractivity contribution is 8.00. The van der Waals surface area contributed by atoms with Crippen LogP contribution in [0.3, 0.4) is 0 Å². The molecule has 1 heterocycles. The van der Waals surface area contributed by atoms with E-state index in [2.05, 4.69) is 10.6 Å². The summed E-state index contributed by atoms with van der Waals surface area (Å²) >= 11 is 1.44. The van der Waals surface area contributed by atoms with Gasteiger partial charge < -0.3 is 20.1 Å². The molecule has 4 aromatic carbocycles. The minimum absolute atomic E-state index is 0.111. The predicted octanol–water partition coefficient (Wildman–Crippen LogP) is 5.98. The Labute approximate surface area is 207 Å². The Bertz CT molecular complexity index is 1390. The molecule has 0 saturated carbocycles. The molecule has 1 aliphatic rings. The molecular formula is C28H24N2O4S. The molecule has 1 unspecified atom stereocenters. The fraction of sp³-hybridized carbons (Fsp3) is 0.143. The lowest BCUT2D eigenvalue weighted by molar-refractivity contribution is -0.115. The average molecular weight is 485 g/mol. The van der Waals surface area contributed by atoms with E-state index < -0.39 is 0 Å². The van der Waals surface area contributed by atoms with Gasteiger partial charge in [-0.2, -0.15) is 0 Å². The van der Waals surface area contributed by atoms with Gasteiger partial charge in [0.15, 0.2) is 11.5 Å². The molecule has 1 atom stereocenters. The zero-order chi connectivity index (χ0) is 24.2. The number of carbonyl (C=O) groups excluding carboxylic acids is 2. The van der Waals surface area contributed by atoms with Crippen molar-refractivity contribution >= 4 is 45.7 Å². The van der Waals surface area contributed by atoms with E-state index in [1.807, 2.05) is 73.7 Å². The molecule has 5 rings (SSSR count). The van der Waals surface area contributed by atoms with Crippen LogP contribution in [-0.4, -0.2) is 30.3 Å². The maximum atomic E-state index is 12.7. The first kappa shape index (κ1) is 22.8. The fourth-order valence-electron chi connectivity index (χ4n) is 3.77. The number of anilines is 2. The third kappa shape index (κ3) is 5.41. The molecule has 2 N–H and O–H groups in total. The van der Waals surface area contributed by atoms with E-state index in [0.717, 1.165) is 15.7 Å². The van der Waals surface area contributed by atoms with Gasteiger partial charge in [-0.05, 0) is 66.2 Å². The normalized spacial score (nSPS) is 13.2. The maximum Gasteiger partial charge on any atom is 0.255 e. The van der Waals surface area contributed by atoms with Crippen molar-refractivity contribution in [2.24, 2.45) is 0 Å². The minimum Gasteiger partial charge on any atom is -0.486 e. The van der Waals surface area contributed by atoms with Gasteiger partial charge in [0.1, 0.15) is 13.2 Å². The lowest BCUT2D eigenvalue weighted by Gasteiger charge is -2.19. The highest BCUT2D eigenvalue weighted by Crippen LogP contribution is 2.33. The SMILES string of the molecule is CC(Sc1ccc(NC(=O)c2ccc3ccccc3c2)cc1)C(=O)Nc1ccc2c(c1)OCCO2. The molecule has 1 aliphatic heterocycles. The predicted molar refractivity (Wildman–Crippen MR) is 140 cm³/mol. The van der Waals surface area contributed by atoms with Crippen LogP contribution in [0.1, 0.15) is 17.3 Å². The van der Waals surface area contributed by atoms with E-state index in [4.69, 9.17) is 9.47 Å². The van der Waals surface area contributed by atoms with Crippen molar-refractivity contribution < 1.29 is 19.1 Å². The molecular weight excluding hydrogens is 460 g/mol. The highest BCUT2D eigenvalue weighted by atomic mass is 32.2. The van der Waals surface area contributed by atoms with Gasteiger partial charge in [-0.25, -0.2) is 0 Å². The Morgan fingerprint density at radius 1 is 0.771 bits per heavy atom. The standard InChI is InChI=1S/C28H24N2O4S/c1-18(27(31)30-23-10-13-25-26(17-23)34-15-14-33-25)35-24-11-8-22(9-12-24)29-28(32)21-7-6-19-4-2-3-5-20(19)16-21/h2-13,16-18H,14-15H2,1H3,(H,29,32)(H,30,31). The van der Waals surface area contributed by atoms with E-state index >= 15 is 0 Å². The summed E-state index contributed by atoms with van der Waals surface area (Å²) in [7, 11) is 0. The zero-order valence-corrected chi connectivity index (χ0v) is 19.9. The van der Waals surface area contributed by atoms with Gasteiger partial charge in [-0.1, -0.05) is 30.3 Å². The molecule has 6 nitrogen and oxygen atoms in total. The van der Waals surface area contributed by atoms with Crippen LogP contribution in [-0.2, 0) is 4.79 Å². The monoisotopic (exact) mass is 484 g/mol. The maximum absolute atomic E-state index is 12.7. The molecule has 0 fully saturated rings. The number of hydrogen-bond donors (Lipinski definition) is 2. The second-order valence-electron chi connectivity index (χ2n) is 8.15. The lowest BCUT2D eigenvalue weighted by atomic mass is 10.1. The number of ether oxygens (including phenoxy) is 2. The van der Waals surface area contributed by atoms with Crippen LogP contribution in [0.2, 0.25) is 0 Å². The summed E-state index contributed by atoms with van der Waals surface area (Å²) in [4.78, 5) is 26.3. The average Bonchev–Trinajstić information content (AvgIpc) is 2.89. The molecule has 0 aromatic heterocycles. The van der Waals surface area contributed by atoms with Gasteiger partial charge in [-0.15, -0.1) is 11.8 Å². The summed E-state index contributed by atoms with van der Waals surface area (Å²) in [5.41, 5.74) is 1.96. The quantitative estimate of drug-likeness (QED) is 0.329. The molecule has 0 saturated heterocycles. The molecule has 4 aromatic rings. The number of thioether (sulfide) groups is 1. The zero-order valence-electron chi connectivity index (χ0n) is 19.1. The van der Waals surface area contributed by atoms with E-state index in [0.29, 0.717) is 41.7 Å². The van der Waals surface area contributed by atoms with Gasteiger partial charge in [-0.3, -0.25) is 9.59 Å². The van der Waals surface area contributed by atoms with E-state index in [1.54, 1.807) is 18.2 Å². The molecule has 7 heteroatoms. The smallest absolute Gasteiger partial charge is 0.255 e. The second-order valence-corrected chi connectivity index (χ2v) is 9.56. The van der Waals surface area contributed by atoms with Crippen molar-refractivity contribution in [3.05, 3.63) is 90.5 Å². The van der Waals surface area contributed by atoms with Crippen LogP contribution in [0.15, 0.2) is 89.8 Å². The topological polar surface area (TPSA) is 76.7 Å². The molecule has 176 valence electrons. The Balaban J connectivity index is 1.17. The number of benzene rings is 4. The number of hydrogen-bond acceptors (Lipinski definition) is 5. The lowest BCUT2D eigenvalue weighted by Crippen LogP contribution is -2.22. The van der Waals surface area contributed by atoms with Crippen molar-refractivity contribution in [2.75, 3.05) is 23.8 Å². The van der Waals surface area contributed by atoms with Gasteiger partial charge in [0.2, 0.25) is 5.91 Å². The van der Waals surface area contributed by atoms with Gasteiger partial charge in [0.05, 0.1) is 5.25 Å². The van der Waals surface area contributed by atoms with Crippen LogP contribution < -0.4 is 20.1 Å². The number of fused-ring (bicyclic) bond motifs is 2. The molecule has 0 radical (unpaired) electrons. The van der Waals surface area contributed by atoms with Gasteiger partial charge >= 0.3 is 0 Å². The third-order valence-electron chi connectivity index (χ3n) is 5.62. The van der Waals surface area contributed by atoms with Crippen molar-refractivity contribution in [3.8, 4) is 11.5 Å². The Morgan fingerprint density at radius 2 is 1.49 bits per heavy atom. The van der Waals surface area contributed by atoms with E-state index in [-0.39, 0.29) is 17.1 Å². The summed E-state index contributed by atoms with van der Waals surface area (Å²) < 4.78 is 11.1. The number of carbonyl (C=O) groups is 2. The van der Waals surface area contributed by atoms with E-state index in [9.17, 15) is 9.59 Å². The Hall–Kier alpha value is -3.97. The molecule has 35 heavy (non-hydrogen) atoms. The number of rotatable bonds is 6. The molecule has 2 amide bonds. The first-order valence-electron chi connectivity index (χ1n) is 11.3. The summed E-state index contributed by atoms with van der Waals surface area (Å²) in [6.07, 6.45) is 0. The summed E-state index contributed by atoms with van der Waals surface area (Å²) in [6.45, 7) is 2.88. The van der Waals surface area contributed by atoms with E-state index in [1.165, 1.54) is 11.8 Å². The first-order valence-corrected chi connectivity index (χ1v) is 12.2. The first-order chi connectivity index (χ1) is 17.0. The number of nitrogens with one attached hydrogen (secondary N) is 2. The second kappa shape index (κ2) is 10.1. The number of amides is 2. The largest absolute Gasteiger partial charge is 0.486 e. The van der Waals surface area contributed by atoms with Crippen LogP contribution >= 0.6 is 11.8 Å². The molecule has 0 bridgehead atoms. The van der Waals surface area contributed by atoms with Crippen LogP contribution in [0, 0.1) is 0 Å². The summed E-state index contributed by atoms with van der Waals surface area (Å²) in [6, 6.07) is 26.4. The van der Waals surface area contributed by atoms with Gasteiger partial charge in [0.25, 0.3) is 5.91 Å². The molecule has 0 aliphatic carbocycles. The Kier molecular flexibility index (Phi) is 6.59. The van der Waals surface area contributed by atoms with Crippen molar-refractivity contribution in [3.63, 3.8) is 0 Å². The van der Waals surface area contributed by atoms with Crippen LogP contribution in [0.25, 0.3) is 10.8 Å². The minimum atomic E-state index is -0.318. The van der Waals surface area contributed by atoms with Crippen LogP contribution in [0.4, 0.5) is 11.4 Å². The van der Waals surface area contributed by atoms with Crippen molar-refractivity contribution in [1.82, 2.24) is 0 Å². The summed E-state index contributed by atoms with van der Waals surface area (Å²) in [5, 5.41) is 7.66. The Morgan fingerprint density at radius 3 is 2.29 bits per heavy atom. The van der Waals surface area contributed by atoms with Gasteiger partial charge in [0, 0.05) is 27.9 Å². The van der Waals surface area contributed by atoms with Crippen LogP contribution in [0.5, 0.6) is 11.5 Å².